The molecular formula is C15H28IN3OS. The molecule has 6 heteroatoms. The first-order valence-corrected chi connectivity index (χ1v) is 8.01. The van der Waals surface area contributed by atoms with Crippen molar-refractivity contribution in [3.8, 4) is 0 Å². The van der Waals surface area contributed by atoms with Gasteiger partial charge < -0.3 is 15.4 Å². The molecule has 0 saturated heterocycles. The third-order valence-corrected chi connectivity index (χ3v) is 3.83. The Morgan fingerprint density at radius 1 is 1.29 bits per heavy atom. The van der Waals surface area contributed by atoms with Crippen LogP contribution in [0.1, 0.15) is 30.0 Å². The predicted octanol–water partition coefficient (Wildman–Crippen LogP) is 3.40. The van der Waals surface area contributed by atoms with Gasteiger partial charge in [-0.05, 0) is 31.4 Å². The summed E-state index contributed by atoms with van der Waals surface area (Å²) in [5.41, 5.74) is 0. The molecule has 0 radical (unpaired) electrons. The molecule has 0 aliphatic rings. The quantitative estimate of drug-likeness (QED) is 0.291. The van der Waals surface area contributed by atoms with E-state index in [1.54, 1.807) is 7.05 Å². The molecule has 2 N–H and O–H groups in total. The Hall–Kier alpha value is -0.340. The van der Waals surface area contributed by atoms with Crippen molar-refractivity contribution in [1.82, 2.24) is 10.6 Å². The zero-order valence-electron chi connectivity index (χ0n) is 13.4. The number of aryl methyl sites for hydroxylation is 1. The number of hydrogen-bond acceptors (Lipinski definition) is 3. The Morgan fingerprint density at radius 3 is 2.62 bits per heavy atom. The van der Waals surface area contributed by atoms with E-state index in [2.05, 4.69) is 48.5 Å². The fraction of sp³-hybridized carbons (Fsp3) is 0.667. The van der Waals surface area contributed by atoms with Gasteiger partial charge in [0, 0.05) is 30.0 Å². The third-order valence-electron chi connectivity index (χ3n) is 2.83. The van der Waals surface area contributed by atoms with Crippen molar-refractivity contribution < 1.29 is 4.74 Å². The van der Waals surface area contributed by atoms with Gasteiger partial charge in [0.2, 0.25) is 0 Å². The fourth-order valence-electron chi connectivity index (χ4n) is 1.63. The second-order valence-corrected chi connectivity index (χ2v) is 6.53. The molecule has 0 unspecified atom stereocenters. The monoisotopic (exact) mass is 425 g/mol. The summed E-state index contributed by atoms with van der Waals surface area (Å²) in [5.74, 6) is 1.52. The maximum Gasteiger partial charge on any atom is 0.191 e. The number of halogens is 1. The van der Waals surface area contributed by atoms with E-state index in [9.17, 15) is 0 Å². The van der Waals surface area contributed by atoms with Gasteiger partial charge in [-0.2, -0.15) is 0 Å². The van der Waals surface area contributed by atoms with Crippen LogP contribution >= 0.6 is 35.3 Å². The highest BCUT2D eigenvalue weighted by Crippen LogP contribution is 2.14. The van der Waals surface area contributed by atoms with E-state index >= 15 is 0 Å². The van der Waals surface area contributed by atoms with Crippen LogP contribution in [0.15, 0.2) is 17.1 Å². The van der Waals surface area contributed by atoms with Crippen LogP contribution in [0.3, 0.4) is 0 Å². The molecule has 0 aliphatic carbocycles. The average molecular weight is 425 g/mol. The minimum atomic E-state index is 0. The van der Waals surface area contributed by atoms with Crippen molar-refractivity contribution >= 4 is 41.3 Å². The Morgan fingerprint density at radius 2 is 2.05 bits per heavy atom. The molecule has 0 aliphatic heterocycles. The van der Waals surface area contributed by atoms with Crippen molar-refractivity contribution in [2.75, 3.05) is 26.8 Å². The largest absolute Gasteiger partial charge is 0.380 e. The first-order chi connectivity index (χ1) is 9.61. The molecule has 1 heterocycles. The van der Waals surface area contributed by atoms with Crippen LogP contribution in [-0.2, 0) is 11.3 Å². The van der Waals surface area contributed by atoms with Crippen LogP contribution in [0.25, 0.3) is 0 Å². The first kappa shape index (κ1) is 20.7. The van der Waals surface area contributed by atoms with Crippen molar-refractivity contribution in [2.24, 2.45) is 10.9 Å². The minimum absolute atomic E-state index is 0. The highest BCUT2D eigenvalue weighted by Gasteiger charge is 2.00. The summed E-state index contributed by atoms with van der Waals surface area (Å²) in [6.45, 7) is 9.67. The molecule has 0 aromatic carbocycles. The van der Waals surface area contributed by atoms with Gasteiger partial charge in [-0.25, -0.2) is 0 Å². The maximum absolute atomic E-state index is 5.56. The van der Waals surface area contributed by atoms with E-state index in [0.29, 0.717) is 12.5 Å². The van der Waals surface area contributed by atoms with Gasteiger partial charge in [-0.1, -0.05) is 13.8 Å². The molecule has 4 nitrogen and oxygen atoms in total. The van der Waals surface area contributed by atoms with Crippen LogP contribution in [0.5, 0.6) is 0 Å². The van der Waals surface area contributed by atoms with E-state index < -0.39 is 0 Å². The van der Waals surface area contributed by atoms with Gasteiger partial charge >= 0.3 is 0 Å². The van der Waals surface area contributed by atoms with E-state index in [1.165, 1.54) is 9.75 Å². The number of ether oxygens (including phenoxy) is 1. The molecule has 1 aromatic heterocycles. The second-order valence-electron chi connectivity index (χ2n) is 5.16. The number of thiophene rings is 1. The summed E-state index contributed by atoms with van der Waals surface area (Å²) in [7, 11) is 1.79. The van der Waals surface area contributed by atoms with Crippen molar-refractivity contribution in [1.29, 1.82) is 0 Å². The van der Waals surface area contributed by atoms with Crippen molar-refractivity contribution in [3.05, 3.63) is 21.9 Å². The molecule has 0 spiro atoms. The summed E-state index contributed by atoms with van der Waals surface area (Å²) in [6.07, 6.45) is 1.12. The van der Waals surface area contributed by atoms with Crippen LogP contribution < -0.4 is 10.6 Å². The molecule has 0 atom stereocenters. The topological polar surface area (TPSA) is 45.7 Å². The van der Waals surface area contributed by atoms with Gasteiger partial charge in [-0.15, -0.1) is 35.3 Å². The summed E-state index contributed by atoms with van der Waals surface area (Å²) >= 11 is 1.81. The van der Waals surface area contributed by atoms with E-state index in [0.717, 1.165) is 32.1 Å². The Bertz CT molecular complexity index is 407. The number of hydrogen-bond donors (Lipinski definition) is 2. The smallest absolute Gasteiger partial charge is 0.191 e. The lowest BCUT2D eigenvalue weighted by Crippen LogP contribution is -2.38. The Kier molecular flexibility index (Phi) is 12.0. The third kappa shape index (κ3) is 10.1. The number of nitrogens with one attached hydrogen (secondary N) is 2. The van der Waals surface area contributed by atoms with Gasteiger partial charge in [0.25, 0.3) is 0 Å². The molecule has 0 bridgehead atoms. The minimum Gasteiger partial charge on any atom is -0.380 e. The molecule has 122 valence electrons. The summed E-state index contributed by atoms with van der Waals surface area (Å²) in [5, 5.41) is 6.56. The summed E-state index contributed by atoms with van der Waals surface area (Å²) in [6, 6.07) is 4.29. The Balaban J connectivity index is 0.00000400. The van der Waals surface area contributed by atoms with E-state index in [-0.39, 0.29) is 24.0 Å². The molecule has 0 saturated carbocycles. The van der Waals surface area contributed by atoms with E-state index in [4.69, 9.17) is 4.74 Å². The zero-order chi connectivity index (χ0) is 14.8. The van der Waals surface area contributed by atoms with Gasteiger partial charge in [-0.3, -0.25) is 4.99 Å². The van der Waals surface area contributed by atoms with Crippen molar-refractivity contribution in [3.63, 3.8) is 0 Å². The first-order valence-electron chi connectivity index (χ1n) is 7.19. The second kappa shape index (κ2) is 12.2. The van der Waals surface area contributed by atoms with Crippen LogP contribution in [0, 0.1) is 12.8 Å². The average Bonchev–Trinajstić information content (AvgIpc) is 2.82. The normalized spacial score (nSPS) is 11.4. The number of nitrogens with zero attached hydrogens (tertiary/aromatic N) is 1. The van der Waals surface area contributed by atoms with Gasteiger partial charge in [0.05, 0.1) is 13.2 Å². The SMILES string of the molecule is CN=C(NCCOCCC(C)C)NCc1ccc(C)s1.I. The molecular weight excluding hydrogens is 397 g/mol. The van der Waals surface area contributed by atoms with Gasteiger partial charge in [0.1, 0.15) is 0 Å². The summed E-state index contributed by atoms with van der Waals surface area (Å²) in [4.78, 5) is 6.85. The molecule has 1 aromatic rings. The predicted molar refractivity (Wildman–Crippen MR) is 103 cm³/mol. The fourth-order valence-corrected chi connectivity index (χ4v) is 2.46. The number of guanidine groups is 1. The molecule has 1 rings (SSSR count). The zero-order valence-corrected chi connectivity index (χ0v) is 16.6. The van der Waals surface area contributed by atoms with E-state index in [1.807, 2.05) is 11.3 Å². The van der Waals surface area contributed by atoms with Crippen LogP contribution in [0.2, 0.25) is 0 Å². The van der Waals surface area contributed by atoms with Crippen molar-refractivity contribution in [2.45, 2.75) is 33.7 Å². The summed E-state index contributed by atoms with van der Waals surface area (Å²) < 4.78 is 5.56. The van der Waals surface area contributed by atoms with Crippen LogP contribution in [-0.4, -0.2) is 32.8 Å². The van der Waals surface area contributed by atoms with Crippen LogP contribution in [0.4, 0.5) is 0 Å². The highest BCUT2D eigenvalue weighted by molar-refractivity contribution is 14.0. The highest BCUT2D eigenvalue weighted by atomic mass is 127. The Labute approximate surface area is 149 Å². The maximum atomic E-state index is 5.56. The lowest BCUT2D eigenvalue weighted by Gasteiger charge is -2.11. The van der Waals surface area contributed by atoms with Gasteiger partial charge in [0.15, 0.2) is 5.96 Å². The number of rotatable bonds is 8. The standard InChI is InChI=1S/C15H27N3OS.HI/c1-12(2)7-9-19-10-8-17-15(16-4)18-11-14-6-5-13(3)20-14;/h5-6,12H,7-11H2,1-4H3,(H2,16,17,18);1H. The lowest BCUT2D eigenvalue weighted by atomic mass is 10.1. The molecule has 0 amide bonds. The lowest BCUT2D eigenvalue weighted by molar-refractivity contribution is 0.128. The molecule has 21 heavy (non-hydrogen) atoms. The molecule has 0 fully saturated rings. The number of aliphatic imine (C=N–C) groups is 1.